The normalized spacial score (nSPS) is 8.30. The average Bonchev–Trinajstić information content (AvgIpc) is 1.91. The molecule has 0 unspecified atom stereocenters. The minimum absolute atomic E-state index is 1.08. The molecule has 1 rings (SSSR count). The molecule has 0 spiro atoms. The average molecular weight is 180 g/mol. The molecule has 0 fully saturated rings. The van der Waals surface area contributed by atoms with Gasteiger partial charge in [0.1, 0.15) is 0 Å². The Hall–Kier alpha value is 0.540. The van der Waals surface area contributed by atoms with Gasteiger partial charge in [-0.05, 0) is 0 Å². The number of hydrogen-bond acceptors (Lipinski definition) is 2. The van der Waals surface area contributed by atoms with Crippen molar-refractivity contribution in [2.45, 2.75) is 0 Å². The Morgan fingerprint density at radius 3 is 1.90 bits per heavy atom. The van der Waals surface area contributed by atoms with E-state index in [-0.39, 0.29) is 0 Å². The summed E-state index contributed by atoms with van der Waals surface area (Å²) >= 11 is 1.26. The topological polar surface area (TPSA) is 40.1 Å². The van der Waals surface area contributed by atoms with Crippen molar-refractivity contribution >= 4 is 46.1 Å². The van der Waals surface area contributed by atoms with E-state index >= 15 is 0 Å². The third-order valence-electron chi connectivity index (χ3n) is 0.843. The van der Waals surface area contributed by atoms with Crippen molar-refractivity contribution in [1.29, 1.82) is 0 Å². The molecule has 0 heterocycles. The summed E-state index contributed by atoms with van der Waals surface area (Å²) in [4.78, 5) is 8.35. The fourth-order valence-corrected chi connectivity index (χ4v) is 0.903. The van der Waals surface area contributed by atoms with Crippen LogP contribution in [0.1, 0.15) is 0 Å². The Bertz CT molecular complexity index is 178. The van der Waals surface area contributed by atoms with Gasteiger partial charge in [-0.25, -0.2) is 0 Å². The van der Waals surface area contributed by atoms with Gasteiger partial charge >= 0.3 is 67.8 Å². The molecule has 1 aromatic rings. The van der Waals surface area contributed by atoms with E-state index in [1.807, 2.05) is 6.07 Å². The zero-order chi connectivity index (χ0) is 7.82. The molecule has 10 heavy (non-hydrogen) atoms. The Kier molecular flexibility index (Phi) is 8.06. The van der Waals surface area contributed by atoms with E-state index in [0.717, 1.165) is 0 Å². The van der Waals surface area contributed by atoms with Crippen LogP contribution >= 0.6 is 8.69 Å². The van der Waals surface area contributed by atoms with Gasteiger partial charge in [0.25, 0.3) is 0 Å². The van der Waals surface area contributed by atoms with Crippen LogP contribution < -0.4 is 6.55 Å². The molecular weight excluding hydrogens is 175 g/mol. The molecule has 0 aliphatic carbocycles. The van der Waals surface area contributed by atoms with Crippen molar-refractivity contribution in [2.75, 3.05) is 0 Å². The molecule has 0 saturated heterocycles. The van der Waals surface area contributed by atoms with Crippen molar-refractivity contribution in [1.82, 2.24) is 0 Å². The van der Waals surface area contributed by atoms with Gasteiger partial charge in [0.2, 0.25) is 0 Å². The molecule has 0 saturated carbocycles. The van der Waals surface area contributed by atoms with E-state index in [4.69, 9.17) is 9.46 Å². The molecule has 4 heteroatoms. The van der Waals surface area contributed by atoms with Crippen molar-refractivity contribution < 1.29 is 9.46 Å². The van der Waals surface area contributed by atoms with Crippen LogP contribution in [0.2, 0.25) is 0 Å². The Balaban J connectivity index is 0.000000236. The van der Waals surface area contributed by atoms with Crippen LogP contribution in [0.3, 0.4) is 0 Å². The predicted molar refractivity (Wildman–Crippen MR) is 39.4 cm³/mol. The van der Waals surface area contributed by atoms with Crippen LogP contribution in [-0.4, -0.2) is 35.8 Å². The third kappa shape index (κ3) is 6.66. The van der Waals surface area contributed by atoms with Gasteiger partial charge in [-0.15, -0.1) is 0 Å². The summed E-state index contributed by atoms with van der Waals surface area (Å²) in [6.07, 6.45) is 0. The van der Waals surface area contributed by atoms with Gasteiger partial charge in [0.15, 0.2) is 0 Å². The summed E-state index contributed by atoms with van der Waals surface area (Å²) < 4.78 is 9.79. The van der Waals surface area contributed by atoms with E-state index in [2.05, 4.69) is 24.3 Å². The summed E-state index contributed by atoms with van der Waals surface area (Å²) in [6, 6.07) is 10.5. The first-order chi connectivity index (χ1) is 4.81. The molecule has 0 radical (unpaired) electrons. The van der Waals surface area contributed by atoms with Gasteiger partial charge in [-0.2, -0.15) is 0 Å². The van der Waals surface area contributed by atoms with Crippen molar-refractivity contribution in [3.63, 3.8) is 0 Å². The SMILES string of the molecule is O=P[O-].[Ca+][c]1ccccc1. The maximum absolute atomic E-state index is 8.35. The molecule has 2 nitrogen and oxygen atoms in total. The Morgan fingerprint density at radius 2 is 1.70 bits per heavy atom. The molecule has 0 amide bonds. The first kappa shape index (κ1) is 10.5. The molecule has 0 atom stereocenters. The van der Waals surface area contributed by atoms with Gasteiger partial charge in [-0.1, -0.05) is 0 Å². The predicted octanol–water partition coefficient (Wildman–Crippen LogP) is 0.0338. The first-order valence-electron chi connectivity index (χ1n) is 2.63. The molecule has 0 aliphatic heterocycles. The molecule has 1 aromatic carbocycles. The fourth-order valence-electron chi connectivity index (χ4n) is 0.478. The van der Waals surface area contributed by atoms with E-state index < -0.39 is 8.69 Å². The molecular formula is C6H5CaO2P. The Morgan fingerprint density at radius 1 is 1.30 bits per heavy atom. The fraction of sp³-hybridized carbons (Fsp3) is 0. The molecule has 0 aromatic heterocycles. The van der Waals surface area contributed by atoms with Crippen LogP contribution in [0.4, 0.5) is 0 Å². The van der Waals surface area contributed by atoms with E-state index in [9.17, 15) is 0 Å². The van der Waals surface area contributed by atoms with E-state index in [0.29, 0.717) is 0 Å². The van der Waals surface area contributed by atoms with Gasteiger partial charge in [0, 0.05) is 0 Å². The van der Waals surface area contributed by atoms with E-state index in [1.54, 1.807) is 0 Å². The molecule has 0 N–H and O–H groups in total. The van der Waals surface area contributed by atoms with Crippen molar-refractivity contribution in [3.05, 3.63) is 30.3 Å². The van der Waals surface area contributed by atoms with Crippen LogP contribution in [0.25, 0.3) is 0 Å². The maximum atomic E-state index is 8.35. The molecule has 0 bridgehead atoms. The standard InChI is InChI=1S/C6H5.Ca.HO2P/c1-2-4-6-5-3-1;;1-3-2/h1-5H;;(H,1,2)/q;+1;/p-1. The van der Waals surface area contributed by atoms with Gasteiger partial charge in [0.05, 0.1) is 8.69 Å². The van der Waals surface area contributed by atoms with Crippen LogP contribution in [0, 0.1) is 0 Å². The number of rotatable bonds is 0. The monoisotopic (exact) mass is 180 g/mol. The summed E-state index contributed by atoms with van der Waals surface area (Å²) in [6.45, 7) is 0. The first-order valence-corrected chi connectivity index (χ1v) is 4.46. The zero-order valence-corrected chi connectivity index (χ0v) is 8.46. The van der Waals surface area contributed by atoms with Crippen molar-refractivity contribution in [3.8, 4) is 0 Å². The van der Waals surface area contributed by atoms with Crippen molar-refractivity contribution in [2.24, 2.45) is 0 Å². The number of benzene rings is 1. The van der Waals surface area contributed by atoms with E-state index in [1.165, 1.54) is 37.4 Å². The number of hydrogen-bond donors (Lipinski definition) is 0. The van der Waals surface area contributed by atoms with Crippen LogP contribution in [0.15, 0.2) is 30.3 Å². The summed E-state index contributed by atoms with van der Waals surface area (Å²) in [7, 11) is -1.08. The van der Waals surface area contributed by atoms with Crippen LogP contribution in [0.5, 0.6) is 0 Å². The van der Waals surface area contributed by atoms with Gasteiger partial charge in [-0.3, -0.25) is 4.57 Å². The second-order valence-corrected chi connectivity index (χ2v) is 2.98. The molecule has 48 valence electrons. The zero-order valence-electron chi connectivity index (χ0n) is 5.36. The summed E-state index contributed by atoms with van der Waals surface area (Å²) in [5, 5.41) is 0. The minimum atomic E-state index is -1.08. The summed E-state index contributed by atoms with van der Waals surface area (Å²) in [5.74, 6) is 0. The second kappa shape index (κ2) is 7.64. The second-order valence-electron chi connectivity index (χ2n) is 1.56. The quantitative estimate of drug-likeness (QED) is 0.417. The van der Waals surface area contributed by atoms with Gasteiger partial charge < -0.3 is 4.89 Å². The third-order valence-corrected chi connectivity index (χ3v) is 1.58. The van der Waals surface area contributed by atoms with Crippen LogP contribution in [-0.2, 0) is 4.57 Å². The molecule has 0 aliphatic rings. The summed E-state index contributed by atoms with van der Waals surface area (Å²) in [5.41, 5.74) is 0. The Labute approximate surface area is 85.2 Å².